The quantitative estimate of drug-likeness (QED) is 0.924. The van der Waals surface area contributed by atoms with Crippen LogP contribution in [0.25, 0.3) is 0 Å². The number of amides is 2. The predicted octanol–water partition coefficient (Wildman–Crippen LogP) is 3.40. The monoisotopic (exact) mass is 308 g/mol. The van der Waals surface area contributed by atoms with Gasteiger partial charge in [-0.1, -0.05) is 37.3 Å². The van der Waals surface area contributed by atoms with Crippen LogP contribution in [-0.4, -0.2) is 23.3 Å². The van der Waals surface area contributed by atoms with Crippen LogP contribution in [0.5, 0.6) is 0 Å². The van der Waals surface area contributed by atoms with E-state index in [9.17, 15) is 9.59 Å². The summed E-state index contributed by atoms with van der Waals surface area (Å²) in [6.45, 7) is 4.94. The van der Waals surface area contributed by atoms with Gasteiger partial charge in [0.25, 0.3) is 5.91 Å². The maximum atomic E-state index is 12.8. The molecule has 23 heavy (non-hydrogen) atoms. The third kappa shape index (κ3) is 3.26. The predicted molar refractivity (Wildman–Crippen MR) is 90.3 cm³/mol. The SMILES string of the molecule is CC(=O)Nc1cccc(C(=O)N2Cc3ccccc3C(C)C2)c1. The number of hydrogen-bond donors (Lipinski definition) is 1. The van der Waals surface area contributed by atoms with Crippen molar-refractivity contribution in [3.05, 3.63) is 65.2 Å². The maximum Gasteiger partial charge on any atom is 0.254 e. The molecule has 2 aromatic carbocycles. The van der Waals surface area contributed by atoms with Crippen LogP contribution >= 0.6 is 0 Å². The molecule has 0 fully saturated rings. The minimum Gasteiger partial charge on any atom is -0.334 e. The van der Waals surface area contributed by atoms with Crippen LogP contribution in [0.1, 0.15) is 41.3 Å². The highest BCUT2D eigenvalue weighted by atomic mass is 16.2. The van der Waals surface area contributed by atoms with Crippen molar-refractivity contribution in [2.45, 2.75) is 26.3 Å². The Labute approximate surface area is 136 Å². The molecule has 1 aliphatic heterocycles. The van der Waals surface area contributed by atoms with Crippen LogP contribution in [0.4, 0.5) is 5.69 Å². The third-order valence-electron chi connectivity index (χ3n) is 4.16. The van der Waals surface area contributed by atoms with Gasteiger partial charge in [-0.25, -0.2) is 0 Å². The Bertz CT molecular complexity index is 755. The molecule has 118 valence electrons. The standard InChI is InChI=1S/C19H20N2O2/c1-13-11-21(12-16-6-3-4-9-18(13)16)19(23)15-7-5-8-17(10-15)20-14(2)22/h3-10,13H,11-12H2,1-2H3,(H,20,22). The lowest BCUT2D eigenvalue weighted by Gasteiger charge is -2.33. The van der Waals surface area contributed by atoms with Gasteiger partial charge < -0.3 is 10.2 Å². The summed E-state index contributed by atoms with van der Waals surface area (Å²) in [7, 11) is 0. The van der Waals surface area contributed by atoms with Crippen molar-refractivity contribution in [1.82, 2.24) is 4.90 Å². The van der Waals surface area contributed by atoms with E-state index in [0.717, 1.165) is 0 Å². The molecule has 1 N–H and O–H groups in total. The van der Waals surface area contributed by atoms with Crippen molar-refractivity contribution in [3.63, 3.8) is 0 Å². The molecule has 1 aliphatic rings. The maximum absolute atomic E-state index is 12.8. The van der Waals surface area contributed by atoms with E-state index in [1.165, 1.54) is 18.1 Å². The van der Waals surface area contributed by atoms with E-state index in [2.05, 4.69) is 24.4 Å². The van der Waals surface area contributed by atoms with E-state index in [1.54, 1.807) is 24.3 Å². The number of nitrogens with zero attached hydrogens (tertiary/aromatic N) is 1. The van der Waals surface area contributed by atoms with Crippen LogP contribution in [0.3, 0.4) is 0 Å². The Kier molecular flexibility index (Phi) is 4.15. The summed E-state index contributed by atoms with van der Waals surface area (Å²) in [4.78, 5) is 25.9. The lowest BCUT2D eigenvalue weighted by Crippen LogP contribution is -2.37. The zero-order chi connectivity index (χ0) is 16.4. The average Bonchev–Trinajstić information content (AvgIpc) is 2.54. The van der Waals surface area contributed by atoms with Gasteiger partial charge in [0.2, 0.25) is 5.91 Å². The summed E-state index contributed by atoms with van der Waals surface area (Å²) in [6.07, 6.45) is 0. The molecule has 1 heterocycles. The fourth-order valence-electron chi connectivity index (χ4n) is 3.13. The van der Waals surface area contributed by atoms with E-state index in [0.29, 0.717) is 30.3 Å². The molecule has 0 radical (unpaired) electrons. The van der Waals surface area contributed by atoms with Gasteiger partial charge >= 0.3 is 0 Å². The topological polar surface area (TPSA) is 49.4 Å². The molecule has 1 unspecified atom stereocenters. The minimum absolute atomic E-state index is 0.00134. The highest BCUT2D eigenvalue weighted by Gasteiger charge is 2.26. The van der Waals surface area contributed by atoms with Crippen molar-refractivity contribution < 1.29 is 9.59 Å². The first kappa shape index (κ1) is 15.3. The van der Waals surface area contributed by atoms with Crippen molar-refractivity contribution in [1.29, 1.82) is 0 Å². The molecule has 4 heteroatoms. The average molecular weight is 308 g/mol. The second kappa shape index (κ2) is 6.24. The number of rotatable bonds is 2. The van der Waals surface area contributed by atoms with Crippen molar-refractivity contribution in [2.24, 2.45) is 0 Å². The number of nitrogens with one attached hydrogen (secondary N) is 1. The van der Waals surface area contributed by atoms with Gasteiger partial charge in [0.05, 0.1) is 0 Å². The van der Waals surface area contributed by atoms with E-state index >= 15 is 0 Å². The van der Waals surface area contributed by atoms with Crippen molar-refractivity contribution in [3.8, 4) is 0 Å². The molecule has 4 nitrogen and oxygen atoms in total. The number of hydrogen-bond acceptors (Lipinski definition) is 2. The molecule has 2 amide bonds. The number of anilines is 1. The summed E-state index contributed by atoms with van der Waals surface area (Å²) in [5, 5.41) is 2.72. The second-order valence-electron chi connectivity index (χ2n) is 6.05. The first-order valence-corrected chi connectivity index (χ1v) is 7.79. The molecule has 0 saturated heterocycles. The lowest BCUT2D eigenvalue weighted by atomic mass is 9.91. The van der Waals surface area contributed by atoms with Gasteiger partial charge in [-0.3, -0.25) is 9.59 Å². The number of benzene rings is 2. The Balaban J connectivity index is 1.83. The highest BCUT2D eigenvalue weighted by molar-refractivity contribution is 5.97. The fourth-order valence-corrected chi connectivity index (χ4v) is 3.13. The Morgan fingerprint density at radius 2 is 1.91 bits per heavy atom. The van der Waals surface area contributed by atoms with Gasteiger partial charge in [-0.2, -0.15) is 0 Å². The van der Waals surface area contributed by atoms with E-state index in [4.69, 9.17) is 0 Å². The molecule has 2 aromatic rings. The van der Waals surface area contributed by atoms with Gasteiger partial charge in [0.15, 0.2) is 0 Å². The van der Waals surface area contributed by atoms with Crippen molar-refractivity contribution >= 4 is 17.5 Å². The summed E-state index contributed by atoms with van der Waals surface area (Å²) in [5.74, 6) is 0.177. The van der Waals surface area contributed by atoms with Crippen LogP contribution in [0.15, 0.2) is 48.5 Å². The normalized spacial score (nSPS) is 16.6. The van der Waals surface area contributed by atoms with E-state index in [-0.39, 0.29) is 11.8 Å². The number of carbonyl (C=O) groups excluding carboxylic acids is 2. The van der Waals surface area contributed by atoms with Gasteiger partial charge in [0.1, 0.15) is 0 Å². The van der Waals surface area contributed by atoms with Crippen molar-refractivity contribution in [2.75, 3.05) is 11.9 Å². The van der Waals surface area contributed by atoms with Gasteiger partial charge in [-0.15, -0.1) is 0 Å². The second-order valence-corrected chi connectivity index (χ2v) is 6.05. The molecule has 3 rings (SSSR count). The first-order chi connectivity index (χ1) is 11.0. The first-order valence-electron chi connectivity index (χ1n) is 7.79. The summed E-state index contributed by atoms with van der Waals surface area (Å²) in [6, 6.07) is 15.4. The Morgan fingerprint density at radius 3 is 2.70 bits per heavy atom. The molecular formula is C19H20N2O2. The minimum atomic E-state index is -0.143. The molecule has 0 aliphatic carbocycles. The van der Waals surface area contributed by atoms with E-state index in [1.807, 2.05) is 17.0 Å². The number of fused-ring (bicyclic) bond motifs is 1. The molecule has 0 aromatic heterocycles. The van der Waals surface area contributed by atoms with Crippen LogP contribution in [-0.2, 0) is 11.3 Å². The van der Waals surface area contributed by atoms with Crippen LogP contribution in [0.2, 0.25) is 0 Å². The fraction of sp³-hybridized carbons (Fsp3) is 0.263. The Hall–Kier alpha value is -2.62. The molecule has 0 spiro atoms. The van der Waals surface area contributed by atoms with Gasteiger partial charge in [-0.05, 0) is 35.2 Å². The molecular weight excluding hydrogens is 288 g/mol. The summed E-state index contributed by atoms with van der Waals surface area (Å²) in [5.41, 5.74) is 3.78. The molecule has 0 bridgehead atoms. The molecule has 1 atom stereocenters. The van der Waals surface area contributed by atoms with Gasteiger partial charge in [0, 0.05) is 31.3 Å². The third-order valence-corrected chi connectivity index (χ3v) is 4.16. The highest BCUT2D eigenvalue weighted by Crippen LogP contribution is 2.28. The summed E-state index contributed by atoms with van der Waals surface area (Å²) < 4.78 is 0. The largest absolute Gasteiger partial charge is 0.334 e. The Morgan fingerprint density at radius 1 is 1.13 bits per heavy atom. The molecule has 0 saturated carbocycles. The van der Waals surface area contributed by atoms with Crippen LogP contribution in [0, 0.1) is 0 Å². The summed E-state index contributed by atoms with van der Waals surface area (Å²) >= 11 is 0. The van der Waals surface area contributed by atoms with Crippen LogP contribution < -0.4 is 5.32 Å². The van der Waals surface area contributed by atoms with E-state index < -0.39 is 0 Å². The smallest absolute Gasteiger partial charge is 0.254 e. The lowest BCUT2D eigenvalue weighted by molar-refractivity contribution is -0.114. The zero-order valence-electron chi connectivity index (χ0n) is 13.4. The number of carbonyl (C=O) groups is 2. The zero-order valence-corrected chi connectivity index (χ0v) is 13.4.